The molecular weight excluding hydrogens is 332 g/mol. The minimum atomic E-state index is -0.369. The topological polar surface area (TPSA) is 61.2 Å². The number of hydrogen-bond acceptors (Lipinski definition) is 4. The van der Waals surface area contributed by atoms with E-state index in [2.05, 4.69) is 0 Å². The van der Waals surface area contributed by atoms with Crippen molar-refractivity contribution in [3.8, 4) is 6.07 Å². The normalized spacial score (nSPS) is 16.0. The van der Waals surface area contributed by atoms with Crippen LogP contribution in [0.4, 0.5) is 10.5 Å². The van der Waals surface area contributed by atoms with Gasteiger partial charge in [0.15, 0.2) is 0 Å². The monoisotopic (exact) mass is 340 g/mol. The second-order valence-corrected chi connectivity index (χ2v) is 6.16. The first-order valence-electron chi connectivity index (χ1n) is 6.62. The van der Waals surface area contributed by atoms with E-state index in [9.17, 15) is 9.59 Å². The van der Waals surface area contributed by atoms with Crippen LogP contribution in [0, 0.1) is 11.3 Å². The lowest BCUT2D eigenvalue weighted by molar-refractivity contribution is -0.113. The number of carbonyl (C=O) groups is 2. The number of imide groups is 1. The number of benzene rings is 2. The van der Waals surface area contributed by atoms with Gasteiger partial charge in [-0.3, -0.25) is 9.59 Å². The van der Waals surface area contributed by atoms with Gasteiger partial charge in [-0.25, -0.2) is 4.90 Å². The molecule has 2 aromatic carbocycles. The van der Waals surface area contributed by atoms with Crippen LogP contribution in [0.15, 0.2) is 53.4 Å². The predicted molar refractivity (Wildman–Crippen MR) is 91.1 cm³/mol. The van der Waals surface area contributed by atoms with Crippen molar-refractivity contribution in [2.45, 2.75) is 0 Å². The molecule has 0 atom stereocenters. The third-order valence-electron chi connectivity index (χ3n) is 3.22. The molecule has 1 aliphatic rings. The Kier molecular flexibility index (Phi) is 4.20. The smallest absolute Gasteiger partial charge is 0.268 e. The second-order valence-electron chi connectivity index (χ2n) is 4.73. The maximum absolute atomic E-state index is 12.5. The average molecular weight is 341 g/mol. The molecule has 1 heterocycles. The van der Waals surface area contributed by atoms with Gasteiger partial charge >= 0.3 is 0 Å². The Morgan fingerprint density at radius 3 is 2.30 bits per heavy atom. The molecule has 0 N–H and O–H groups in total. The van der Waals surface area contributed by atoms with E-state index in [4.69, 9.17) is 16.9 Å². The SMILES string of the molecule is N#Cc1ccc(/C=C2/SC(=O)N(c3ccc(Cl)cc3)C2=O)cc1. The van der Waals surface area contributed by atoms with Gasteiger partial charge in [-0.2, -0.15) is 5.26 Å². The Hall–Kier alpha value is -2.55. The summed E-state index contributed by atoms with van der Waals surface area (Å²) in [6, 6.07) is 15.3. The van der Waals surface area contributed by atoms with E-state index in [1.165, 1.54) is 0 Å². The lowest BCUT2D eigenvalue weighted by Crippen LogP contribution is -2.27. The predicted octanol–water partition coefficient (Wildman–Crippen LogP) is 4.45. The number of anilines is 1. The summed E-state index contributed by atoms with van der Waals surface area (Å²) in [6.07, 6.45) is 1.64. The zero-order valence-electron chi connectivity index (χ0n) is 11.7. The van der Waals surface area contributed by atoms with Gasteiger partial charge in [0, 0.05) is 5.02 Å². The molecule has 4 nitrogen and oxygen atoms in total. The molecule has 2 aromatic rings. The fourth-order valence-electron chi connectivity index (χ4n) is 2.09. The quantitative estimate of drug-likeness (QED) is 0.757. The summed E-state index contributed by atoms with van der Waals surface area (Å²) in [5, 5.41) is 8.97. The largest absolute Gasteiger partial charge is 0.298 e. The minimum Gasteiger partial charge on any atom is -0.268 e. The van der Waals surface area contributed by atoms with Gasteiger partial charge in [0.2, 0.25) is 0 Å². The van der Waals surface area contributed by atoms with E-state index in [1.807, 2.05) is 6.07 Å². The molecule has 1 saturated heterocycles. The Morgan fingerprint density at radius 2 is 1.70 bits per heavy atom. The van der Waals surface area contributed by atoms with E-state index in [-0.39, 0.29) is 11.1 Å². The van der Waals surface area contributed by atoms with E-state index < -0.39 is 0 Å². The number of carbonyl (C=O) groups excluding carboxylic acids is 2. The van der Waals surface area contributed by atoms with Gasteiger partial charge in [-0.15, -0.1) is 0 Å². The zero-order chi connectivity index (χ0) is 16.4. The molecule has 0 unspecified atom stereocenters. The lowest BCUT2D eigenvalue weighted by Gasteiger charge is -2.12. The number of hydrogen-bond donors (Lipinski definition) is 0. The number of rotatable bonds is 2. The van der Waals surface area contributed by atoms with Crippen molar-refractivity contribution < 1.29 is 9.59 Å². The van der Waals surface area contributed by atoms with E-state index >= 15 is 0 Å². The Morgan fingerprint density at radius 1 is 1.04 bits per heavy atom. The first kappa shape index (κ1) is 15.3. The molecule has 3 rings (SSSR count). The van der Waals surface area contributed by atoms with Crippen molar-refractivity contribution in [1.82, 2.24) is 0 Å². The molecule has 0 bridgehead atoms. The Bertz CT molecular complexity index is 852. The Balaban J connectivity index is 1.89. The first-order valence-corrected chi connectivity index (χ1v) is 7.81. The van der Waals surface area contributed by atoms with Crippen LogP contribution in [0.3, 0.4) is 0 Å². The van der Waals surface area contributed by atoms with Crippen molar-refractivity contribution in [2.75, 3.05) is 4.90 Å². The summed E-state index contributed by atoms with van der Waals surface area (Å²) in [5.41, 5.74) is 1.78. The second kappa shape index (κ2) is 6.29. The molecule has 1 aliphatic heterocycles. The fraction of sp³-hybridized carbons (Fsp3) is 0. The highest BCUT2D eigenvalue weighted by Gasteiger charge is 2.36. The maximum atomic E-state index is 12.5. The third kappa shape index (κ3) is 3.14. The number of nitriles is 1. The standard InChI is InChI=1S/C17H9ClN2O2S/c18-13-5-7-14(8-6-13)20-16(21)15(23-17(20)22)9-11-1-3-12(10-19)4-2-11/h1-9H/b15-9+. The molecule has 1 fully saturated rings. The first-order chi connectivity index (χ1) is 11.1. The highest BCUT2D eigenvalue weighted by molar-refractivity contribution is 8.19. The number of amides is 2. The maximum Gasteiger partial charge on any atom is 0.298 e. The van der Waals surface area contributed by atoms with Gasteiger partial charge in [0.1, 0.15) is 0 Å². The van der Waals surface area contributed by atoms with E-state index in [1.54, 1.807) is 54.6 Å². The van der Waals surface area contributed by atoms with Gasteiger partial charge in [0.25, 0.3) is 11.1 Å². The van der Waals surface area contributed by atoms with Gasteiger partial charge in [-0.05, 0) is 59.8 Å². The molecule has 0 aromatic heterocycles. The lowest BCUT2D eigenvalue weighted by atomic mass is 10.1. The summed E-state index contributed by atoms with van der Waals surface area (Å²) in [4.78, 5) is 26.0. The minimum absolute atomic E-state index is 0.342. The zero-order valence-corrected chi connectivity index (χ0v) is 13.3. The van der Waals surface area contributed by atoms with Crippen molar-refractivity contribution in [1.29, 1.82) is 5.26 Å². The molecule has 0 aliphatic carbocycles. The molecule has 112 valence electrons. The summed E-state index contributed by atoms with van der Waals surface area (Å²) in [7, 11) is 0. The number of thioether (sulfide) groups is 1. The third-order valence-corrected chi connectivity index (χ3v) is 4.34. The van der Waals surface area contributed by atoms with Gasteiger partial charge in [0.05, 0.1) is 22.2 Å². The number of nitrogens with zero attached hydrogens (tertiary/aromatic N) is 2. The summed E-state index contributed by atoms with van der Waals surface area (Å²) >= 11 is 6.71. The number of halogens is 1. The highest BCUT2D eigenvalue weighted by Crippen LogP contribution is 2.36. The van der Waals surface area contributed by atoms with Crippen molar-refractivity contribution >= 4 is 46.3 Å². The molecule has 0 saturated carbocycles. The summed E-state index contributed by atoms with van der Waals surface area (Å²) < 4.78 is 0. The molecule has 23 heavy (non-hydrogen) atoms. The molecule has 0 radical (unpaired) electrons. The van der Waals surface area contributed by atoms with Crippen molar-refractivity contribution in [3.63, 3.8) is 0 Å². The van der Waals surface area contributed by atoms with Crippen LogP contribution >= 0.6 is 23.4 Å². The van der Waals surface area contributed by atoms with Crippen LogP contribution < -0.4 is 4.90 Å². The molecular formula is C17H9ClN2O2S. The van der Waals surface area contributed by atoms with E-state index in [0.29, 0.717) is 21.2 Å². The summed E-state index contributed by atoms with van der Waals surface area (Å²) in [6.45, 7) is 0. The molecule has 0 spiro atoms. The van der Waals surface area contributed by atoms with Crippen LogP contribution in [-0.4, -0.2) is 11.1 Å². The highest BCUT2D eigenvalue weighted by atomic mass is 35.5. The van der Waals surface area contributed by atoms with Crippen LogP contribution in [0.25, 0.3) is 6.08 Å². The van der Waals surface area contributed by atoms with Crippen molar-refractivity contribution in [2.24, 2.45) is 0 Å². The van der Waals surface area contributed by atoms with Crippen LogP contribution in [0.2, 0.25) is 5.02 Å². The van der Waals surface area contributed by atoms with Crippen LogP contribution in [-0.2, 0) is 4.79 Å². The van der Waals surface area contributed by atoms with Crippen LogP contribution in [0.1, 0.15) is 11.1 Å². The average Bonchev–Trinajstić information content (AvgIpc) is 2.83. The fourth-order valence-corrected chi connectivity index (χ4v) is 3.05. The Labute approximate surface area is 142 Å². The summed E-state index contributed by atoms with van der Waals surface area (Å²) in [5.74, 6) is -0.369. The van der Waals surface area contributed by atoms with Gasteiger partial charge < -0.3 is 0 Å². The van der Waals surface area contributed by atoms with E-state index in [0.717, 1.165) is 22.2 Å². The van der Waals surface area contributed by atoms with Crippen LogP contribution in [0.5, 0.6) is 0 Å². The van der Waals surface area contributed by atoms with Gasteiger partial charge in [-0.1, -0.05) is 23.7 Å². The molecule has 2 amide bonds. The van der Waals surface area contributed by atoms with Crippen molar-refractivity contribution in [3.05, 3.63) is 69.6 Å². The molecule has 6 heteroatoms.